The Morgan fingerprint density at radius 2 is 1.73 bits per heavy atom. The van der Waals surface area contributed by atoms with Crippen LogP contribution < -0.4 is 0 Å². The van der Waals surface area contributed by atoms with Crippen LogP contribution in [0.2, 0.25) is 0 Å². The number of ether oxygens (including phenoxy) is 4. The Balaban J connectivity index is 1.81. The number of hydrogen-bond donors (Lipinski definition) is 0. The molecule has 8 atom stereocenters. The number of methoxy groups -OCH3 is 2. The van der Waals surface area contributed by atoms with Crippen LogP contribution in [0.15, 0.2) is 23.0 Å². The molecule has 0 unspecified atom stereocenters. The van der Waals surface area contributed by atoms with Gasteiger partial charge in [-0.25, -0.2) is 0 Å². The summed E-state index contributed by atoms with van der Waals surface area (Å²) in [4.78, 5) is 53.9. The molecule has 8 heteroatoms. The molecule has 5 aliphatic rings. The van der Waals surface area contributed by atoms with Crippen molar-refractivity contribution in [2.45, 2.75) is 79.9 Å². The van der Waals surface area contributed by atoms with E-state index in [2.05, 4.69) is 6.08 Å². The summed E-state index contributed by atoms with van der Waals surface area (Å²) in [6.45, 7) is 12.9. The lowest BCUT2D eigenvalue weighted by atomic mass is 9.33. The number of hydrogen-bond acceptors (Lipinski definition) is 8. The Labute approximate surface area is 218 Å². The molecule has 37 heavy (non-hydrogen) atoms. The number of Topliss-reactive ketones (excluding diaryl/α,β-unsaturated/α-hetero) is 1. The highest BCUT2D eigenvalue weighted by Gasteiger charge is 2.84. The van der Waals surface area contributed by atoms with Gasteiger partial charge in [0.15, 0.2) is 5.78 Å². The van der Waals surface area contributed by atoms with Crippen molar-refractivity contribution in [1.82, 2.24) is 0 Å². The highest BCUT2D eigenvalue weighted by Crippen LogP contribution is 2.79. The summed E-state index contributed by atoms with van der Waals surface area (Å²) in [6.07, 6.45) is 2.47. The molecule has 5 rings (SSSR count). The maximum absolute atomic E-state index is 14.1. The third-order valence-electron chi connectivity index (χ3n) is 11.2. The van der Waals surface area contributed by atoms with E-state index in [1.807, 2.05) is 34.6 Å². The van der Waals surface area contributed by atoms with E-state index in [9.17, 15) is 19.2 Å². The fraction of sp³-hybridized carbons (Fsp3) is 0.724. The molecule has 8 nitrogen and oxygen atoms in total. The second kappa shape index (κ2) is 7.48. The van der Waals surface area contributed by atoms with E-state index in [-0.39, 0.29) is 29.7 Å². The minimum atomic E-state index is -1.46. The predicted molar refractivity (Wildman–Crippen MR) is 132 cm³/mol. The lowest BCUT2D eigenvalue weighted by Crippen LogP contribution is -2.71. The van der Waals surface area contributed by atoms with Gasteiger partial charge < -0.3 is 18.9 Å². The van der Waals surface area contributed by atoms with Crippen molar-refractivity contribution in [3.05, 3.63) is 23.0 Å². The van der Waals surface area contributed by atoms with Gasteiger partial charge in [0, 0.05) is 35.2 Å². The molecule has 0 aromatic heterocycles. The van der Waals surface area contributed by atoms with Crippen LogP contribution in [0.3, 0.4) is 0 Å². The number of ketones is 1. The number of carbonyl (C=O) groups is 4. The van der Waals surface area contributed by atoms with E-state index < -0.39 is 45.1 Å². The van der Waals surface area contributed by atoms with Crippen LogP contribution in [0.1, 0.15) is 67.7 Å². The number of rotatable bonds is 3. The standard InChI is InChI=1S/C29H38O8/c1-14-12-18-26(6,29(24(33)35-9)22(34-8)15(2)21(31)27(14,29)7)13-17-20-25(4,5)19(36-16(3)30)10-11-28(18,20)23(32)37-17/h12,17-20H,10-11,13H2,1-9H3/t17-,18+,19-,20+,26-,27-,28+,29+/m1/s1. The Morgan fingerprint density at radius 3 is 2.30 bits per heavy atom. The average molecular weight is 515 g/mol. The third kappa shape index (κ3) is 2.51. The van der Waals surface area contributed by atoms with Crippen molar-refractivity contribution in [3.63, 3.8) is 0 Å². The zero-order valence-electron chi connectivity index (χ0n) is 23.3. The van der Waals surface area contributed by atoms with E-state index in [1.54, 1.807) is 6.92 Å². The molecule has 1 aliphatic heterocycles. The van der Waals surface area contributed by atoms with Gasteiger partial charge in [-0.2, -0.15) is 0 Å². The minimum Gasteiger partial charge on any atom is -0.499 e. The maximum Gasteiger partial charge on any atom is 0.321 e. The van der Waals surface area contributed by atoms with Crippen LogP contribution in [-0.4, -0.2) is 50.1 Å². The first kappa shape index (κ1) is 26.0. The van der Waals surface area contributed by atoms with Crippen molar-refractivity contribution in [1.29, 1.82) is 0 Å². The van der Waals surface area contributed by atoms with Gasteiger partial charge in [-0.15, -0.1) is 0 Å². The highest BCUT2D eigenvalue weighted by atomic mass is 16.6. The number of allylic oxidation sites excluding steroid dienone is 3. The van der Waals surface area contributed by atoms with Gasteiger partial charge in [0.05, 0.1) is 25.0 Å². The number of carbonyl (C=O) groups excluding carboxylic acids is 4. The molecule has 0 radical (unpaired) electrons. The first-order valence-corrected chi connectivity index (χ1v) is 13.1. The summed E-state index contributed by atoms with van der Waals surface area (Å²) in [5.74, 6) is -1.67. The van der Waals surface area contributed by atoms with E-state index in [1.165, 1.54) is 21.1 Å². The summed E-state index contributed by atoms with van der Waals surface area (Å²) in [5, 5.41) is 0. The van der Waals surface area contributed by atoms with Gasteiger partial charge in [0.25, 0.3) is 0 Å². The molecule has 4 aliphatic carbocycles. The summed E-state index contributed by atoms with van der Waals surface area (Å²) in [6, 6.07) is 0. The van der Waals surface area contributed by atoms with E-state index >= 15 is 0 Å². The van der Waals surface area contributed by atoms with Crippen LogP contribution in [-0.2, 0) is 38.1 Å². The van der Waals surface area contributed by atoms with Gasteiger partial charge in [0.2, 0.25) is 0 Å². The van der Waals surface area contributed by atoms with E-state index in [0.717, 1.165) is 5.57 Å². The molecule has 202 valence electrons. The molecule has 0 amide bonds. The zero-order chi connectivity index (χ0) is 27.5. The molecular formula is C29H38O8. The highest BCUT2D eigenvalue weighted by molar-refractivity contribution is 6.11. The van der Waals surface area contributed by atoms with Crippen LogP contribution in [0, 0.1) is 38.9 Å². The molecule has 2 saturated carbocycles. The third-order valence-corrected chi connectivity index (χ3v) is 11.2. The second-order valence-electron chi connectivity index (χ2n) is 12.7. The molecule has 1 saturated heterocycles. The summed E-state index contributed by atoms with van der Waals surface area (Å²) in [7, 11) is 2.82. The number of fused-ring (bicyclic) bond motifs is 3. The lowest BCUT2D eigenvalue weighted by Gasteiger charge is -2.66. The van der Waals surface area contributed by atoms with Crippen molar-refractivity contribution in [3.8, 4) is 0 Å². The SMILES string of the molecule is COC(=O)[C@]12C(OC)=C(C)C(=O)[C@@]1(C)C(C)=C[C@@H]1[C@@]34CC[C@@H](OC(C)=O)C(C)(C)[C@@H]3[C@@H](C[C@]12C)OC4=O. The molecule has 0 N–H and O–H groups in total. The molecular weight excluding hydrogens is 476 g/mol. The lowest BCUT2D eigenvalue weighted by molar-refractivity contribution is -0.217. The first-order chi connectivity index (χ1) is 17.1. The normalized spacial score (nSPS) is 45.3. The Hall–Kier alpha value is -2.64. The Bertz CT molecular complexity index is 1190. The zero-order valence-corrected chi connectivity index (χ0v) is 23.3. The average Bonchev–Trinajstić information content (AvgIpc) is 3.17. The van der Waals surface area contributed by atoms with Crippen molar-refractivity contribution in [2.24, 2.45) is 38.9 Å². The molecule has 1 heterocycles. The molecule has 0 spiro atoms. The Morgan fingerprint density at radius 1 is 1.08 bits per heavy atom. The van der Waals surface area contributed by atoms with Gasteiger partial charge in [0.1, 0.15) is 23.4 Å². The van der Waals surface area contributed by atoms with Crippen molar-refractivity contribution < 1.29 is 38.1 Å². The monoisotopic (exact) mass is 514 g/mol. The Kier molecular flexibility index (Phi) is 5.25. The van der Waals surface area contributed by atoms with Crippen molar-refractivity contribution in [2.75, 3.05) is 14.2 Å². The fourth-order valence-corrected chi connectivity index (χ4v) is 9.86. The van der Waals surface area contributed by atoms with Crippen LogP contribution in [0.4, 0.5) is 0 Å². The molecule has 0 aromatic rings. The van der Waals surface area contributed by atoms with Crippen LogP contribution in [0.5, 0.6) is 0 Å². The smallest absolute Gasteiger partial charge is 0.321 e. The topological polar surface area (TPSA) is 105 Å². The number of esters is 3. The van der Waals surface area contributed by atoms with Crippen LogP contribution in [0.25, 0.3) is 0 Å². The van der Waals surface area contributed by atoms with Crippen molar-refractivity contribution >= 4 is 23.7 Å². The first-order valence-electron chi connectivity index (χ1n) is 13.1. The fourth-order valence-electron chi connectivity index (χ4n) is 9.86. The maximum atomic E-state index is 14.1. The quantitative estimate of drug-likeness (QED) is 0.317. The second-order valence-corrected chi connectivity index (χ2v) is 12.7. The summed E-state index contributed by atoms with van der Waals surface area (Å²) >= 11 is 0. The van der Waals surface area contributed by atoms with Gasteiger partial charge in [-0.05, 0) is 40.0 Å². The molecule has 3 fully saturated rings. The summed E-state index contributed by atoms with van der Waals surface area (Å²) in [5.41, 5.74) is -3.98. The van der Waals surface area contributed by atoms with E-state index in [0.29, 0.717) is 30.6 Å². The van der Waals surface area contributed by atoms with Gasteiger partial charge in [-0.1, -0.05) is 32.4 Å². The minimum absolute atomic E-state index is 0.165. The molecule has 0 aromatic carbocycles. The van der Waals surface area contributed by atoms with Gasteiger partial charge >= 0.3 is 17.9 Å². The molecule has 2 bridgehead atoms. The van der Waals surface area contributed by atoms with Gasteiger partial charge in [-0.3, -0.25) is 19.2 Å². The van der Waals surface area contributed by atoms with E-state index in [4.69, 9.17) is 18.9 Å². The summed E-state index contributed by atoms with van der Waals surface area (Å²) < 4.78 is 23.3. The predicted octanol–water partition coefficient (Wildman–Crippen LogP) is 3.92. The largest absolute Gasteiger partial charge is 0.499 e. The van der Waals surface area contributed by atoms with Crippen LogP contribution >= 0.6 is 0 Å².